The highest BCUT2D eigenvalue weighted by Crippen LogP contribution is 2.34. The lowest BCUT2D eigenvalue weighted by molar-refractivity contribution is -0.108. The summed E-state index contributed by atoms with van der Waals surface area (Å²) in [6, 6.07) is 7.38. The van der Waals surface area contributed by atoms with Gasteiger partial charge in [-0.2, -0.15) is 5.10 Å². The van der Waals surface area contributed by atoms with Crippen LogP contribution in [0, 0.1) is 0 Å². The molecule has 0 spiro atoms. The Morgan fingerprint density at radius 1 is 1.33 bits per heavy atom. The van der Waals surface area contributed by atoms with Crippen molar-refractivity contribution < 1.29 is 19.1 Å². The van der Waals surface area contributed by atoms with E-state index in [2.05, 4.69) is 5.10 Å². The van der Waals surface area contributed by atoms with Crippen molar-refractivity contribution in [3.05, 3.63) is 41.7 Å². The maximum Gasteiger partial charge on any atom is 0.341 e. The lowest BCUT2D eigenvalue weighted by atomic mass is 9.83. The van der Waals surface area contributed by atoms with E-state index in [0.717, 1.165) is 6.29 Å². The minimum atomic E-state index is -0.596. The number of carbonyl (C=O) groups is 2. The molecule has 1 heterocycles. The molecule has 2 aromatic rings. The third-order valence-electron chi connectivity index (χ3n) is 3.81. The van der Waals surface area contributed by atoms with Crippen LogP contribution in [0.25, 0.3) is 5.69 Å². The number of hydrogen-bond donors (Lipinski definition) is 0. The smallest absolute Gasteiger partial charge is 0.341 e. The van der Waals surface area contributed by atoms with Gasteiger partial charge in [0.05, 0.1) is 25.6 Å². The lowest BCUT2D eigenvalue weighted by Crippen LogP contribution is -2.25. The fourth-order valence-corrected chi connectivity index (χ4v) is 2.65. The number of para-hydroxylation sites is 2. The molecule has 1 aromatic carbocycles. The van der Waals surface area contributed by atoms with Gasteiger partial charge in [-0.05, 0) is 19.1 Å². The van der Waals surface area contributed by atoms with Crippen LogP contribution in [-0.2, 0) is 14.9 Å². The fourth-order valence-electron chi connectivity index (χ4n) is 2.65. The Labute approximate surface area is 141 Å². The van der Waals surface area contributed by atoms with E-state index in [1.165, 1.54) is 6.20 Å². The Hall–Kier alpha value is -2.63. The van der Waals surface area contributed by atoms with Crippen molar-refractivity contribution in [3.63, 3.8) is 0 Å². The molecule has 0 radical (unpaired) electrons. The first-order valence-corrected chi connectivity index (χ1v) is 7.79. The maximum absolute atomic E-state index is 12.3. The predicted molar refractivity (Wildman–Crippen MR) is 89.8 cm³/mol. The van der Waals surface area contributed by atoms with E-state index in [1.54, 1.807) is 18.7 Å². The van der Waals surface area contributed by atoms with Crippen LogP contribution in [0.3, 0.4) is 0 Å². The molecule has 0 unspecified atom stereocenters. The number of methoxy groups -OCH3 is 1. The molecule has 0 saturated carbocycles. The largest absolute Gasteiger partial charge is 0.494 e. The second-order valence-corrected chi connectivity index (χ2v) is 5.97. The van der Waals surface area contributed by atoms with Crippen LogP contribution < -0.4 is 4.74 Å². The number of esters is 1. The van der Waals surface area contributed by atoms with Gasteiger partial charge in [0.25, 0.3) is 0 Å². The first-order chi connectivity index (χ1) is 11.5. The molecule has 0 N–H and O–H groups in total. The molecule has 2 rings (SSSR count). The van der Waals surface area contributed by atoms with E-state index >= 15 is 0 Å². The lowest BCUT2D eigenvalue weighted by Gasteiger charge is -2.25. The molecule has 0 bridgehead atoms. The van der Waals surface area contributed by atoms with Crippen molar-refractivity contribution in [2.75, 3.05) is 13.7 Å². The summed E-state index contributed by atoms with van der Waals surface area (Å²) < 4.78 is 12.2. The van der Waals surface area contributed by atoms with Crippen LogP contribution in [0.15, 0.2) is 30.5 Å². The predicted octanol–water partition coefficient (Wildman–Crippen LogP) is 2.92. The second kappa shape index (κ2) is 7.29. The summed E-state index contributed by atoms with van der Waals surface area (Å²) in [5, 5.41) is 4.37. The van der Waals surface area contributed by atoms with Crippen LogP contribution in [0.1, 0.15) is 43.2 Å². The molecular weight excluding hydrogens is 308 g/mol. The first-order valence-electron chi connectivity index (χ1n) is 7.79. The number of hydrogen-bond acceptors (Lipinski definition) is 5. The minimum absolute atomic E-state index is 0.250. The highest BCUT2D eigenvalue weighted by atomic mass is 16.5. The van der Waals surface area contributed by atoms with Gasteiger partial charge in [0.15, 0.2) is 0 Å². The zero-order valence-electron chi connectivity index (χ0n) is 14.4. The number of nitrogens with zero attached hydrogens (tertiary/aromatic N) is 2. The molecule has 1 aromatic heterocycles. The van der Waals surface area contributed by atoms with E-state index in [1.807, 2.05) is 38.1 Å². The third-order valence-corrected chi connectivity index (χ3v) is 3.81. The van der Waals surface area contributed by atoms with Gasteiger partial charge in [-0.3, -0.25) is 0 Å². The van der Waals surface area contributed by atoms with Gasteiger partial charge in [-0.1, -0.05) is 26.0 Å². The van der Waals surface area contributed by atoms with Crippen molar-refractivity contribution >= 4 is 12.3 Å². The molecule has 0 saturated heterocycles. The third kappa shape index (κ3) is 3.32. The summed E-state index contributed by atoms with van der Waals surface area (Å²) in [6.07, 6.45) is 2.57. The van der Waals surface area contributed by atoms with Gasteiger partial charge in [-0.25, -0.2) is 9.48 Å². The van der Waals surface area contributed by atoms with Crippen molar-refractivity contribution in [1.82, 2.24) is 9.78 Å². The molecule has 0 aliphatic carbocycles. The summed E-state index contributed by atoms with van der Waals surface area (Å²) in [7, 11) is 1.57. The van der Waals surface area contributed by atoms with Crippen LogP contribution >= 0.6 is 0 Å². The zero-order chi connectivity index (χ0) is 17.7. The van der Waals surface area contributed by atoms with Crippen molar-refractivity contribution in [2.45, 2.75) is 32.6 Å². The van der Waals surface area contributed by atoms with Crippen LogP contribution in [0.5, 0.6) is 5.75 Å². The Kier molecular flexibility index (Phi) is 5.39. The Balaban J connectivity index is 2.69. The SMILES string of the molecule is CCOC(=O)c1cnn(-c2ccccc2OC)c1C(C)(C)CC=O. The van der Waals surface area contributed by atoms with E-state index in [4.69, 9.17) is 9.47 Å². The highest BCUT2D eigenvalue weighted by Gasteiger charge is 2.32. The normalized spacial score (nSPS) is 11.2. The average Bonchev–Trinajstić information content (AvgIpc) is 3.01. The van der Waals surface area contributed by atoms with Gasteiger partial charge >= 0.3 is 5.97 Å². The molecule has 0 aliphatic heterocycles. The minimum Gasteiger partial charge on any atom is -0.494 e. The van der Waals surface area contributed by atoms with Crippen molar-refractivity contribution in [2.24, 2.45) is 0 Å². The molecule has 0 atom stereocenters. The molecule has 6 nitrogen and oxygen atoms in total. The van der Waals surface area contributed by atoms with E-state index in [9.17, 15) is 9.59 Å². The summed E-state index contributed by atoms with van der Waals surface area (Å²) >= 11 is 0. The highest BCUT2D eigenvalue weighted by molar-refractivity contribution is 5.91. The molecule has 0 amide bonds. The standard InChI is InChI=1S/C18H22N2O4/c1-5-24-17(22)13-12-19-20(16(13)18(2,3)10-11-21)14-8-6-7-9-15(14)23-4/h6-9,11-12H,5,10H2,1-4H3. The van der Waals surface area contributed by atoms with Crippen LogP contribution in [0.2, 0.25) is 0 Å². The zero-order valence-corrected chi connectivity index (χ0v) is 14.4. The Morgan fingerprint density at radius 2 is 2.04 bits per heavy atom. The Bertz CT molecular complexity index is 734. The van der Waals surface area contributed by atoms with Crippen LogP contribution in [0.4, 0.5) is 0 Å². The number of benzene rings is 1. The number of aldehydes is 1. The summed E-state index contributed by atoms with van der Waals surface area (Å²) in [5.74, 6) is 0.173. The monoisotopic (exact) mass is 330 g/mol. The number of aromatic nitrogens is 2. The topological polar surface area (TPSA) is 70.4 Å². The molecule has 0 aliphatic rings. The number of ether oxygens (including phenoxy) is 2. The van der Waals surface area contributed by atoms with Gasteiger partial charge in [0, 0.05) is 11.8 Å². The molecule has 0 fully saturated rings. The van der Waals surface area contributed by atoms with Crippen molar-refractivity contribution in [1.29, 1.82) is 0 Å². The maximum atomic E-state index is 12.3. The second-order valence-electron chi connectivity index (χ2n) is 5.97. The fraction of sp³-hybridized carbons (Fsp3) is 0.389. The molecular formula is C18H22N2O4. The van der Waals surface area contributed by atoms with Gasteiger partial charge in [0.1, 0.15) is 23.3 Å². The Morgan fingerprint density at radius 3 is 2.67 bits per heavy atom. The first kappa shape index (κ1) is 17.7. The number of rotatable bonds is 7. The molecule has 128 valence electrons. The quantitative estimate of drug-likeness (QED) is 0.576. The van der Waals surface area contributed by atoms with E-state index in [0.29, 0.717) is 22.7 Å². The van der Waals surface area contributed by atoms with Crippen LogP contribution in [-0.4, -0.2) is 35.8 Å². The summed E-state index contributed by atoms with van der Waals surface area (Å²) in [5.41, 5.74) is 1.08. The van der Waals surface area contributed by atoms with Gasteiger partial charge in [-0.15, -0.1) is 0 Å². The molecule has 24 heavy (non-hydrogen) atoms. The summed E-state index contributed by atoms with van der Waals surface area (Å²) in [4.78, 5) is 23.4. The summed E-state index contributed by atoms with van der Waals surface area (Å²) in [6.45, 7) is 5.81. The van der Waals surface area contributed by atoms with Gasteiger partial charge < -0.3 is 14.3 Å². The number of carbonyl (C=O) groups excluding carboxylic acids is 2. The van der Waals surface area contributed by atoms with E-state index in [-0.39, 0.29) is 13.0 Å². The molecule has 6 heteroatoms. The van der Waals surface area contributed by atoms with E-state index < -0.39 is 11.4 Å². The average molecular weight is 330 g/mol. The van der Waals surface area contributed by atoms with Crippen molar-refractivity contribution in [3.8, 4) is 11.4 Å². The van der Waals surface area contributed by atoms with Gasteiger partial charge in [0.2, 0.25) is 0 Å².